The van der Waals surface area contributed by atoms with Crippen LogP contribution in [0.25, 0.3) is 0 Å². The number of aromatic nitrogens is 2. The van der Waals surface area contributed by atoms with Crippen LogP contribution in [0.4, 0.5) is 4.79 Å². The zero-order valence-electron chi connectivity index (χ0n) is 17.1. The Morgan fingerprint density at radius 2 is 1.97 bits per heavy atom. The molecule has 0 spiro atoms. The minimum absolute atomic E-state index is 0.216. The van der Waals surface area contributed by atoms with Crippen molar-refractivity contribution in [3.63, 3.8) is 0 Å². The largest absolute Gasteiger partial charge is 0.497 e. The van der Waals surface area contributed by atoms with Crippen molar-refractivity contribution in [3.05, 3.63) is 77.9 Å². The quantitative estimate of drug-likeness (QED) is 0.667. The van der Waals surface area contributed by atoms with E-state index in [1.165, 1.54) is 0 Å². The monoisotopic (exact) mass is 394 g/mol. The lowest BCUT2D eigenvalue weighted by Crippen LogP contribution is -2.40. The van der Waals surface area contributed by atoms with Gasteiger partial charge in [0.15, 0.2) is 0 Å². The minimum atomic E-state index is -0.452. The molecule has 0 fully saturated rings. The number of imidazole rings is 1. The van der Waals surface area contributed by atoms with Crippen molar-refractivity contribution < 1.29 is 14.3 Å². The van der Waals surface area contributed by atoms with E-state index in [0.717, 1.165) is 22.7 Å². The highest BCUT2D eigenvalue weighted by Crippen LogP contribution is 2.29. The Hall–Kier alpha value is -3.48. The van der Waals surface area contributed by atoms with E-state index in [4.69, 9.17) is 9.47 Å². The van der Waals surface area contributed by atoms with Crippen molar-refractivity contribution in [2.75, 3.05) is 21.3 Å². The summed E-state index contributed by atoms with van der Waals surface area (Å²) in [7, 11) is 6.90. The normalized spacial score (nSPS) is 11.6. The van der Waals surface area contributed by atoms with Gasteiger partial charge in [-0.1, -0.05) is 30.3 Å². The molecule has 0 radical (unpaired) electrons. The molecule has 7 heteroatoms. The van der Waals surface area contributed by atoms with Crippen LogP contribution in [-0.2, 0) is 13.6 Å². The zero-order valence-corrected chi connectivity index (χ0v) is 17.1. The number of ether oxygens (including phenoxy) is 2. The van der Waals surface area contributed by atoms with Crippen LogP contribution in [0.15, 0.2) is 60.9 Å². The SMILES string of the molecule is COc1cccc(CN(C)C(=O)NC(c2ccccc2OC)c2nccn2C)c1. The Morgan fingerprint density at radius 3 is 2.66 bits per heavy atom. The average molecular weight is 394 g/mol. The molecule has 7 nitrogen and oxygen atoms in total. The van der Waals surface area contributed by atoms with Crippen LogP contribution >= 0.6 is 0 Å². The number of urea groups is 1. The molecule has 1 atom stereocenters. The number of carbonyl (C=O) groups is 1. The Labute approximate surface area is 170 Å². The maximum absolute atomic E-state index is 13.0. The van der Waals surface area contributed by atoms with E-state index in [1.54, 1.807) is 32.4 Å². The first kappa shape index (κ1) is 20.3. The highest BCUT2D eigenvalue weighted by molar-refractivity contribution is 5.75. The van der Waals surface area contributed by atoms with Crippen molar-refractivity contribution in [2.45, 2.75) is 12.6 Å². The number of amides is 2. The van der Waals surface area contributed by atoms with Gasteiger partial charge >= 0.3 is 6.03 Å². The van der Waals surface area contributed by atoms with E-state index in [0.29, 0.717) is 12.3 Å². The molecule has 1 unspecified atom stereocenters. The number of carbonyl (C=O) groups excluding carboxylic acids is 1. The molecule has 2 aromatic carbocycles. The molecular weight excluding hydrogens is 368 g/mol. The maximum atomic E-state index is 13.0. The van der Waals surface area contributed by atoms with E-state index in [2.05, 4.69) is 10.3 Å². The van der Waals surface area contributed by atoms with Gasteiger partial charge in [0.2, 0.25) is 0 Å². The van der Waals surface area contributed by atoms with Crippen molar-refractivity contribution >= 4 is 6.03 Å². The van der Waals surface area contributed by atoms with Crippen LogP contribution in [0.5, 0.6) is 11.5 Å². The minimum Gasteiger partial charge on any atom is -0.497 e. The molecule has 1 heterocycles. The fraction of sp³-hybridized carbons (Fsp3) is 0.273. The summed E-state index contributed by atoms with van der Waals surface area (Å²) in [5, 5.41) is 3.09. The molecule has 152 valence electrons. The first-order chi connectivity index (χ1) is 14.0. The van der Waals surface area contributed by atoms with Crippen LogP contribution < -0.4 is 14.8 Å². The molecular formula is C22H26N4O3. The second-order valence-electron chi connectivity index (χ2n) is 6.73. The number of nitrogens with one attached hydrogen (secondary N) is 1. The molecule has 0 aliphatic carbocycles. The van der Waals surface area contributed by atoms with Gasteiger partial charge in [-0.05, 0) is 23.8 Å². The van der Waals surface area contributed by atoms with Gasteiger partial charge in [-0.15, -0.1) is 0 Å². The van der Waals surface area contributed by atoms with Gasteiger partial charge in [0.1, 0.15) is 23.4 Å². The summed E-state index contributed by atoms with van der Waals surface area (Å²) in [6.07, 6.45) is 3.56. The fourth-order valence-corrected chi connectivity index (χ4v) is 3.19. The van der Waals surface area contributed by atoms with Gasteiger partial charge < -0.3 is 24.3 Å². The van der Waals surface area contributed by atoms with Gasteiger partial charge in [-0.2, -0.15) is 0 Å². The fourth-order valence-electron chi connectivity index (χ4n) is 3.19. The van der Waals surface area contributed by atoms with Gasteiger partial charge in [0.05, 0.1) is 14.2 Å². The summed E-state index contributed by atoms with van der Waals surface area (Å²) in [5.74, 6) is 2.17. The summed E-state index contributed by atoms with van der Waals surface area (Å²) >= 11 is 0. The molecule has 3 rings (SSSR count). The Morgan fingerprint density at radius 1 is 1.17 bits per heavy atom. The third-order valence-corrected chi connectivity index (χ3v) is 4.73. The molecule has 0 saturated carbocycles. The lowest BCUT2D eigenvalue weighted by atomic mass is 10.0. The lowest BCUT2D eigenvalue weighted by Gasteiger charge is -2.25. The van der Waals surface area contributed by atoms with Crippen LogP contribution in [0.2, 0.25) is 0 Å². The van der Waals surface area contributed by atoms with E-state index < -0.39 is 6.04 Å². The Kier molecular flexibility index (Phi) is 6.39. The number of rotatable bonds is 7. The first-order valence-electron chi connectivity index (χ1n) is 9.28. The molecule has 0 aliphatic heterocycles. The van der Waals surface area contributed by atoms with Gasteiger partial charge in [-0.25, -0.2) is 9.78 Å². The molecule has 0 aliphatic rings. The second-order valence-corrected chi connectivity index (χ2v) is 6.73. The van der Waals surface area contributed by atoms with E-state index in [1.807, 2.05) is 66.3 Å². The second kappa shape index (κ2) is 9.14. The van der Waals surface area contributed by atoms with Crippen LogP contribution in [-0.4, -0.2) is 41.7 Å². The maximum Gasteiger partial charge on any atom is 0.318 e. The van der Waals surface area contributed by atoms with Gasteiger partial charge in [0.25, 0.3) is 0 Å². The standard InChI is InChI=1S/C22H26N4O3/c1-25-13-12-23-21(25)20(18-10-5-6-11-19(18)29-4)24-22(27)26(2)15-16-8-7-9-17(14-16)28-3/h5-14,20H,15H2,1-4H3,(H,24,27). The molecule has 3 aromatic rings. The number of aryl methyl sites for hydroxylation is 1. The molecule has 1 aromatic heterocycles. The number of hydrogen-bond donors (Lipinski definition) is 1. The predicted octanol–water partition coefficient (Wildman–Crippen LogP) is 3.37. The van der Waals surface area contributed by atoms with Crippen molar-refractivity contribution in [1.82, 2.24) is 19.8 Å². The predicted molar refractivity (Wildman–Crippen MR) is 111 cm³/mol. The number of para-hydroxylation sites is 1. The summed E-state index contributed by atoms with van der Waals surface area (Å²) < 4.78 is 12.7. The lowest BCUT2D eigenvalue weighted by molar-refractivity contribution is 0.203. The highest BCUT2D eigenvalue weighted by atomic mass is 16.5. The topological polar surface area (TPSA) is 68.6 Å². The van der Waals surface area contributed by atoms with Crippen molar-refractivity contribution in [2.24, 2.45) is 7.05 Å². The molecule has 2 amide bonds. The molecule has 29 heavy (non-hydrogen) atoms. The summed E-state index contributed by atoms with van der Waals surface area (Å²) in [6.45, 7) is 0.447. The Bertz CT molecular complexity index is 970. The van der Waals surface area contributed by atoms with Crippen LogP contribution in [0.3, 0.4) is 0 Å². The smallest absolute Gasteiger partial charge is 0.318 e. The van der Waals surface area contributed by atoms with Crippen LogP contribution in [0, 0.1) is 0 Å². The molecule has 1 N–H and O–H groups in total. The zero-order chi connectivity index (χ0) is 20.8. The van der Waals surface area contributed by atoms with E-state index in [-0.39, 0.29) is 6.03 Å². The number of hydrogen-bond acceptors (Lipinski definition) is 4. The van der Waals surface area contributed by atoms with E-state index in [9.17, 15) is 4.79 Å². The van der Waals surface area contributed by atoms with E-state index >= 15 is 0 Å². The summed E-state index contributed by atoms with van der Waals surface area (Å²) in [6, 6.07) is 14.6. The van der Waals surface area contributed by atoms with Crippen LogP contribution in [0.1, 0.15) is 23.0 Å². The highest BCUT2D eigenvalue weighted by Gasteiger charge is 2.25. The molecule has 0 saturated heterocycles. The number of benzene rings is 2. The summed E-state index contributed by atoms with van der Waals surface area (Å²) in [4.78, 5) is 19.1. The first-order valence-corrected chi connectivity index (χ1v) is 9.28. The average Bonchev–Trinajstić information content (AvgIpc) is 3.17. The van der Waals surface area contributed by atoms with Crippen molar-refractivity contribution in [1.29, 1.82) is 0 Å². The third kappa shape index (κ3) is 4.68. The number of nitrogens with zero attached hydrogens (tertiary/aromatic N) is 3. The van der Waals surface area contributed by atoms with Gasteiger partial charge in [0, 0.05) is 38.6 Å². The van der Waals surface area contributed by atoms with Gasteiger partial charge in [-0.3, -0.25) is 0 Å². The third-order valence-electron chi connectivity index (χ3n) is 4.73. The summed E-state index contributed by atoms with van der Waals surface area (Å²) in [5.41, 5.74) is 1.82. The Balaban J connectivity index is 1.83. The van der Waals surface area contributed by atoms with Crippen molar-refractivity contribution in [3.8, 4) is 11.5 Å². The number of methoxy groups -OCH3 is 2. The molecule has 0 bridgehead atoms.